The van der Waals surface area contributed by atoms with Gasteiger partial charge in [0.2, 0.25) is 0 Å². The van der Waals surface area contributed by atoms with E-state index in [-0.39, 0.29) is 0 Å². The molecule has 3 heteroatoms. The van der Waals surface area contributed by atoms with Crippen LogP contribution in [0.1, 0.15) is 72.4 Å². The number of rotatable bonds is 9. The fraction of sp³-hybridized carbons (Fsp3) is 0.324. The van der Waals surface area contributed by atoms with Crippen molar-refractivity contribution in [1.29, 1.82) is 5.26 Å². The van der Waals surface area contributed by atoms with E-state index in [4.69, 9.17) is 0 Å². The third-order valence-electron chi connectivity index (χ3n) is 9.07. The average molecular weight is 526 g/mol. The van der Waals surface area contributed by atoms with Crippen LogP contribution in [0.25, 0.3) is 0 Å². The SMILES string of the molecule is CCCN(CCC)[C@H]1Cc2c(C#N)ccc3c2[C@@H](C1)CN3C(c1ccccc1)(c1ccccc1)c1ccccc1. The number of hydrogen-bond donors (Lipinski definition) is 0. The Morgan fingerprint density at radius 1 is 0.775 bits per heavy atom. The maximum Gasteiger partial charge on any atom is 0.116 e. The van der Waals surface area contributed by atoms with Crippen molar-refractivity contribution in [3.63, 3.8) is 0 Å². The molecule has 1 aliphatic carbocycles. The van der Waals surface area contributed by atoms with Crippen LogP contribution in [0.2, 0.25) is 0 Å². The fourth-order valence-electron chi connectivity index (χ4n) is 7.57. The third-order valence-corrected chi connectivity index (χ3v) is 9.07. The second-order valence-corrected chi connectivity index (χ2v) is 11.4. The molecule has 1 heterocycles. The minimum atomic E-state index is -0.495. The standard InChI is InChI=1S/C37H39N3/c1-3-22-39(23-4-2)33-24-29-27-40(35-21-20-28(26-38)34(25-33)36(29)35)37(30-14-8-5-9-15-30,31-16-10-6-11-17-31)32-18-12-7-13-19-32/h5-21,29,33H,3-4,22-25,27H2,1-2H3/t29-,33+/m0/s1. The van der Waals surface area contributed by atoms with E-state index in [2.05, 4.69) is 133 Å². The van der Waals surface area contributed by atoms with Crippen molar-refractivity contribution in [3.8, 4) is 6.07 Å². The van der Waals surface area contributed by atoms with Gasteiger partial charge in [0.1, 0.15) is 5.54 Å². The molecule has 0 saturated heterocycles. The smallest absolute Gasteiger partial charge is 0.116 e. The largest absolute Gasteiger partial charge is 0.353 e. The van der Waals surface area contributed by atoms with Gasteiger partial charge in [-0.05, 0) is 78.7 Å². The lowest BCUT2D eigenvalue weighted by Crippen LogP contribution is -2.48. The van der Waals surface area contributed by atoms with Crippen LogP contribution < -0.4 is 4.90 Å². The lowest BCUT2D eigenvalue weighted by Gasteiger charge is -2.45. The molecular weight excluding hydrogens is 486 g/mol. The van der Waals surface area contributed by atoms with Gasteiger partial charge in [-0.1, -0.05) is 105 Å². The van der Waals surface area contributed by atoms with E-state index in [0.29, 0.717) is 12.0 Å². The van der Waals surface area contributed by atoms with Gasteiger partial charge in [-0.3, -0.25) is 0 Å². The summed E-state index contributed by atoms with van der Waals surface area (Å²) in [6.07, 6.45) is 4.42. The average Bonchev–Trinajstić information content (AvgIpc) is 3.39. The van der Waals surface area contributed by atoms with Gasteiger partial charge in [0, 0.05) is 24.2 Å². The van der Waals surface area contributed by atoms with Gasteiger partial charge in [-0.2, -0.15) is 5.26 Å². The normalized spacial score (nSPS) is 18.0. The van der Waals surface area contributed by atoms with E-state index in [9.17, 15) is 5.26 Å². The summed E-state index contributed by atoms with van der Waals surface area (Å²) in [5, 5.41) is 10.2. The highest BCUT2D eigenvalue weighted by Gasteiger charge is 2.49. The van der Waals surface area contributed by atoms with Crippen LogP contribution in [0.5, 0.6) is 0 Å². The topological polar surface area (TPSA) is 30.3 Å². The highest BCUT2D eigenvalue weighted by molar-refractivity contribution is 5.73. The first kappa shape index (κ1) is 26.4. The van der Waals surface area contributed by atoms with Gasteiger partial charge in [0.05, 0.1) is 11.6 Å². The maximum absolute atomic E-state index is 10.2. The molecule has 4 aromatic carbocycles. The summed E-state index contributed by atoms with van der Waals surface area (Å²) in [5.74, 6) is 0.392. The van der Waals surface area contributed by atoms with Crippen LogP contribution in [0.3, 0.4) is 0 Å². The maximum atomic E-state index is 10.2. The summed E-state index contributed by atoms with van der Waals surface area (Å²) >= 11 is 0. The summed E-state index contributed by atoms with van der Waals surface area (Å²) < 4.78 is 0. The molecule has 6 rings (SSSR count). The second-order valence-electron chi connectivity index (χ2n) is 11.4. The Morgan fingerprint density at radius 2 is 1.30 bits per heavy atom. The van der Waals surface area contributed by atoms with E-state index in [1.807, 2.05) is 0 Å². The highest BCUT2D eigenvalue weighted by Crippen LogP contribution is 2.54. The first-order valence-corrected chi connectivity index (χ1v) is 15.0. The molecule has 0 amide bonds. The molecule has 2 aliphatic rings. The molecule has 0 bridgehead atoms. The lowest BCUT2D eigenvalue weighted by molar-refractivity contribution is 0.171. The first-order valence-electron chi connectivity index (χ1n) is 15.0. The Kier molecular flexibility index (Phi) is 7.46. The Hall–Kier alpha value is -3.87. The van der Waals surface area contributed by atoms with Crippen LogP contribution in [0.4, 0.5) is 5.69 Å². The number of nitrogens with zero attached hydrogens (tertiary/aromatic N) is 3. The first-order chi connectivity index (χ1) is 19.7. The Labute approximate surface area is 239 Å². The molecule has 202 valence electrons. The number of benzene rings is 4. The van der Waals surface area contributed by atoms with Crippen LogP contribution >= 0.6 is 0 Å². The molecule has 1 aliphatic heterocycles. The predicted octanol–water partition coefficient (Wildman–Crippen LogP) is 7.89. The van der Waals surface area contributed by atoms with Gasteiger partial charge in [-0.15, -0.1) is 0 Å². The molecular formula is C37H39N3. The van der Waals surface area contributed by atoms with E-state index in [0.717, 1.165) is 50.9 Å². The number of anilines is 1. The van der Waals surface area contributed by atoms with Crippen LogP contribution in [-0.2, 0) is 12.0 Å². The Bertz CT molecular complexity index is 1370. The zero-order valence-corrected chi connectivity index (χ0v) is 23.8. The Morgan fingerprint density at radius 3 is 1.77 bits per heavy atom. The summed E-state index contributed by atoms with van der Waals surface area (Å²) in [6.45, 7) is 7.73. The summed E-state index contributed by atoms with van der Waals surface area (Å²) in [7, 11) is 0. The van der Waals surface area contributed by atoms with Crippen molar-refractivity contribution in [2.75, 3.05) is 24.5 Å². The van der Waals surface area contributed by atoms with Crippen LogP contribution in [-0.4, -0.2) is 30.6 Å². The molecule has 40 heavy (non-hydrogen) atoms. The van der Waals surface area contributed by atoms with Crippen LogP contribution in [0.15, 0.2) is 103 Å². The zero-order chi connectivity index (χ0) is 27.5. The van der Waals surface area contributed by atoms with E-state index in [1.54, 1.807) is 0 Å². The summed E-state index contributed by atoms with van der Waals surface area (Å²) in [5.41, 5.74) is 8.13. The van der Waals surface area contributed by atoms with Crippen molar-refractivity contribution in [3.05, 3.63) is 137 Å². The monoisotopic (exact) mass is 525 g/mol. The molecule has 0 saturated carbocycles. The van der Waals surface area contributed by atoms with Crippen molar-refractivity contribution in [1.82, 2.24) is 4.90 Å². The molecule has 2 atom stereocenters. The van der Waals surface area contributed by atoms with Crippen molar-refractivity contribution in [2.24, 2.45) is 0 Å². The zero-order valence-electron chi connectivity index (χ0n) is 23.8. The highest BCUT2D eigenvalue weighted by atomic mass is 15.2. The van der Waals surface area contributed by atoms with E-state index >= 15 is 0 Å². The molecule has 0 aromatic heterocycles. The van der Waals surface area contributed by atoms with Gasteiger partial charge in [0.25, 0.3) is 0 Å². The third kappa shape index (κ3) is 4.32. The molecule has 0 spiro atoms. The number of nitriles is 1. The minimum absolute atomic E-state index is 0.392. The summed E-state index contributed by atoms with van der Waals surface area (Å²) in [4.78, 5) is 5.36. The lowest BCUT2D eigenvalue weighted by atomic mass is 9.75. The molecule has 0 N–H and O–H groups in total. The van der Waals surface area contributed by atoms with Gasteiger partial charge in [0.15, 0.2) is 0 Å². The van der Waals surface area contributed by atoms with Gasteiger partial charge >= 0.3 is 0 Å². The number of hydrogen-bond acceptors (Lipinski definition) is 3. The van der Waals surface area contributed by atoms with Crippen LogP contribution in [0, 0.1) is 11.3 Å². The quantitative estimate of drug-likeness (QED) is 0.208. The van der Waals surface area contributed by atoms with Gasteiger partial charge in [-0.25, -0.2) is 0 Å². The van der Waals surface area contributed by atoms with E-state index < -0.39 is 5.54 Å². The molecule has 0 fully saturated rings. The molecule has 0 radical (unpaired) electrons. The molecule has 3 nitrogen and oxygen atoms in total. The van der Waals surface area contributed by atoms with Gasteiger partial charge < -0.3 is 9.80 Å². The Balaban J connectivity index is 1.58. The van der Waals surface area contributed by atoms with Crippen molar-refractivity contribution in [2.45, 2.75) is 57.0 Å². The van der Waals surface area contributed by atoms with Crippen molar-refractivity contribution < 1.29 is 0 Å². The minimum Gasteiger partial charge on any atom is -0.353 e. The van der Waals surface area contributed by atoms with Crippen molar-refractivity contribution >= 4 is 5.69 Å². The second kappa shape index (κ2) is 11.3. The predicted molar refractivity (Wildman–Crippen MR) is 165 cm³/mol. The molecule has 0 unspecified atom stereocenters. The summed E-state index contributed by atoms with van der Waals surface area (Å²) in [6, 6.07) is 40.3. The fourth-order valence-corrected chi connectivity index (χ4v) is 7.57. The molecule has 4 aromatic rings. The van der Waals surface area contributed by atoms with E-state index in [1.165, 1.54) is 33.5 Å².